The van der Waals surface area contributed by atoms with Gasteiger partial charge in [-0.25, -0.2) is 4.79 Å². The normalized spacial score (nSPS) is 11.6. The van der Waals surface area contributed by atoms with Gasteiger partial charge in [0.25, 0.3) is 0 Å². The van der Waals surface area contributed by atoms with Gasteiger partial charge in [0.2, 0.25) is 0 Å². The van der Waals surface area contributed by atoms with E-state index >= 15 is 0 Å². The molecule has 0 aromatic rings. The minimum Gasteiger partial charge on any atom is -0.480 e. The number of aliphatic carboxylic acids is 1. The summed E-state index contributed by atoms with van der Waals surface area (Å²) < 4.78 is 0. The Morgan fingerprint density at radius 1 is 1.64 bits per heavy atom. The molecule has 2 amide bonds. The molecule has 0 heterocycles. The molecule has 2 N–H and O–H groups in total. The van der Waals surface area contributed by atoms with Crippen molar-refractivity contribution >= 4 is 12.0 Å². The first kappa shape index (κ1) is 12.5. The third-order valence-corrected chi connectivity index (χ3v) is 1.70. The fraction of sp³-hybridized carbons (Fsp3) is 0.556. The maximum atomic E-state index is 11.4. The highest BCUT2D eigenvalue weighted by Gasteiger charge is 2.15. The van der Waals surface area contributed by atoms with E-state index in [4.69, 9.17) is 5.11 Å². The van der Waals surface area contributed by atoms with E-state index in [1.165, 1.54) is 4.90 Å². The van der Waals surface area contributed by atoms with Gasteiger partial charge in [0.05, 0.1) is 0 Å². The lowest BCUT2D eigenvalue weighted by atomic mass is 10.3. The molecule has 1 atom stereocenters. The second-order valence-electron chi connectivity index (χ2n) is 2.88. The number of nitrogens with one attached hydrogen (secondary N) is 1. The average molecular weight is 200 g/mol. The van der Waals surface area contributed by atoms with Gasteiger partial charge in [-0.1, -0.05) is 6.08 Å². The number of rotatable bonds is 5. The van der Waals surface area contributed by atoms with Crippen molar-refractivity contribution in [3.63, 3.8) is 0 Å². The molecule has 0 radical (unpaired) electrons. The van der Waals surface area contributed by atoms with E-state index < -0.39 is 5.97 Å². The Hall–Kier alpha value is -1.52. The molecule has 0 saturated carbocycles. The van der Waals surface area contributed by atoms with Crippen molar-refractivity contribution in [2.24, 2.45) is 0 Å². The number of nitrogens with zero attached hydrogens (tertiary/aromatic N) is 1. The fourth-order valence-corrected chi connectivity index (χ4v) is 0.835. The van der Waals surface area contributed by atoms with E-state index in [2.05, 4.69) is 11.9 Å². The van der Waals surface area contributed by atoms with Gasteiger partial charge in [-0.3, -0.25) is 4.79 Å². The van der Waals surface area contributed by atoms with Crippen molar-refractivity contribution in [1.82, 2.24) is 10.2 Å². The largest absolute Gasteiger partial charge is 0.480 e. The maximum Gasteiger partial charge on any atom is 0.323 e. The molecule has 0 aliphatic rings. The van der Waals surface area contributed by atoms with Gasteiger partial charge >= 0.3 is 12.0 Å². The minimum atomic E-state index is -1.02. The summed E-state index contributed by atoms with van der Waals surface area (Å²) in [5.74, 6) is -1.02. The number of hydrogen-bond acceptors (Lipinski definition) is 2. The van der Waals surface area contributed by atoms with Crippen LogP contribution < -0.4 is 5.32 Å². The summed E-state index contributed by atoms with van der Waals surface area (Å²) in [6, 6.07) is -0.548. The number of likely N-dealkylation sites (N-methyl/N-ethyl adjacent to an activating group) is 1. The Labute approximate surface area is 83.4 Å². The van der Waals surface area contributed by atoms with Crippen LogP contribution in [0.25, 0.3) is 0 Å². The van der Waals surface area contributed by atoms with E-state index in [9.17, 15) is 9.59 Å². The molecule has 0 saturated heterocycles. The van der Waals surface area contributed by atoms with Crippen LogP contribution in [0.3, 0.4) is 0 Å². The SMILES string of the molecule is C=CC(C)NC(=O)N(CC)CC(=O)O. The lowest BCUT2D eigenvalue weighted by molar-refractivity contribution is -0.137. The molecule has 0 aliphatic heterocycles. The Morgan fingerprint density at radius 2 is 2.21 bits per heavy atom. The fourth-order valence-electron chi connectivity index (χ4n) is 0.835. The number of amides is 2. The van der Waals surface area contributed by atoms with Gasteiger partial charge in [-0.05, 0) is 13.8 Å². The average Bonchev–Trinajstić information content (AvgIpc) is 2.13. The van der Waals surface area contributed by atoms with Crippen LogP contribution in [0.2, 0.25) is 0 Å². The molecule has 0 fully saturated rings. The van der Waals surface area contributed by atoms with Gasteiger partial charge in [-0.2, -0.15) is 0 Å². The summed E-state index contributed by atoms with van der Waals surface area (Å²) in [5, 5.41) is 11.1. The summed E-state index contributed by atoms with van der Waals surface area (Å²) in [7, 11) is 0. The first-order valence-corrected chi connectivity index (χ1v) is 4.41. The van der Waals surface area contributed by atoms with Crippen LogP contribution in [0.1, 0.15) is 13.8 Å². The molecular weight excluding hydrogens is 184 g/mol. The zero-order valence-electron chi connectivity index (χ0n) is 8.49. The van der Waals surface area contributed by atoms with E-state index in [1.807, 2.05) is 0 Å². The Bertz CT molecular complexity index is 228. The highest BCUT2D eigenvalue weighted by atomic mass is 16.4. The third kappa shape index (κ3) is 4.49. The number of urea groups is 1. The van der Waals surface area contributed by atoms with Crippen LogP contribution in [0.4, 0.5) is 4.79 Å². The summed E-state index contributed by atoms with van der Waals surface area (Å²) >= 11 is 0. The second-order valence-corrected chi connectivity index (χ2v) is 2.88. The van der Waals surface area contributed by atoms with Crippen molar-refractivity contribution in [3.8, 4) is 0 Å². The number of carbonyl (C=O) groups is 2. The van der Waals surface area contributed by atoms with Gasteiger partial charge in [0.15, 0.2) is 0 Å². The molecule has 0 bridgehead atoms. The lowest BCUT2D eigenvalue weighted by Gasteiger charge is -2.20. The van der Waals surface area contributed by atoms with E-state index in [0.29, 0.717) is 6.54 Å². The van der Waals surface area contributed by atoms with Gasteiger partial charge in [0, 0.05) is 12.6 Å². The Balaban J connectivity index is 4.17. The number of carboxylic acids is 1. The summed E-state index contributed by atoms with van der Waals surface area (Å²) in [4.78, 5) is 23.0. The minimum absolute atomic E-state index is 0.162. The van der Waals surface area contributed by atoms with E-state index in [1.54, 1.807) is 19.9 Å². The number of carboxylic acid groups (broad SMARTS) is 1. The van der Waals surface area contributed by atoms with Crippen LogP contribution in [0, 0.1) is 0 Å². The monoisotopic (exact) mass is 200 g/mol. The highest BCUT2D eigenvalue weighted by molar-refractivity contribution is 5.80. The predicted molar refractivity (Wildman–Crippen MR) is 53.1 cm³/mol. The van der Waals surface area contributed by atoms with Crippen molar-refractivity contribution in [1.29, 1.82) is 0 Å². The topological polar surface area (TPSA) is 69.6 Å². The zero-order valence-corrected chi connectivity index (χ0v) is 8.49. The highest BCUT2D eigenvalue weighted by Crippen LogP contribution is 1.91. The molecule has 1 unspecified atom stereocenters. The summed E-state index contributed by atoms with van der Waals surface area (Å²) in [6.07, 6.45) is 1.58. The number of hydrogen-bond donors (Lipinski definition) is 2. The molecular formula is C9H16N2O3. The summed E-state index contributed by atoms with van der Waals surface area (Å²) in [6.45, 7) is 7.07. The summed E-state index contributed by atoms with van der Waals surface area (Å²) in [5.41, 5.74) is 0. The van der Waals surface area contributed by atoms with Crippen molar-refractivity contribution in [3.05, 3.63) is 12.7 Å². The Morgan fingerprint density at radius 3 is 2.57 bits per heavy atom. The van der Waals surface area contributed by atoms with E-state index in [0.717, 1.165) is 0 Å². The molecule has 5 nitrogen and oxygen atoms in total. The molecule has 5 heteroatoms. The predicted octanol–water partition coefficient (Wildman–Crippen LogP) is 0.677. The van der Waals surface area contributed by atoms with Crippen molar-refractivity contribution < 1.29 is 14.7 Å². The smallest absolute Gasteiger partial charge is 0.323 e. The first-order chi connectivity index (χ1) is 6.51. The Kier molecular flexibility index (Phi) is 5.36. The van der Waals surface area contributed by atoms with Crippen LogP contribution in [0.5, 0.6) is 0 Å². The zero-order chi connectivity index (χ0) is 11.1. The maximum absolute atomic E-state index is 11.4. The second kappa shape index (κ2) is 6.01. The molecule has 0 rings (SSSR count). The van der Waals surface area contributed by atoms with Crippen molar-refractivity contribution in [2.45, 2.75) is 19.9 Å². The quantitative estimate of drug-likeness (QED) is 0.641. The van der Waals surface area contributed by atoms with Crippen LogP contribution >= 0.6 is 0 Å². The molecule has 0 aliphatic carbocycles. The number of carbonyl (C=O) groups excluding carboxylic acids is 1. The molecule has 0 spiro atoms. The first-order valence-electron chi connectivity index (χ1n) is 4.41. The molecule has 0 aromatic carbocycles. The molecule has 0 aromatic heterocycles. The van der Waals surface area contributed by atoms with Crippen LogP contribution in [-0.2, 0) is 4.79 Å². The standard InChI is InChI=1S/C9H16N2O3/c1-4-7(3)10-9(14)11(5-2)6-8(12)13/h4,7H,1,5-6H2,2-3H3,(H,10,14)(H,12,13). The molecule has 14 heavy (non-hydrogen) atoms. The van der Waals surface area contributed by atoms with Crippen LogP contribution in [0.15, 0.2) is 12.7 Å². The third-order valence-electron chi connectivity index (χ3n) is 1.70. The van der Waals surface area contributed by atoms with Gasteiger partial charge in [0.1, 0.15) is 6.54 Å². The van der Waals surface area contributed by atoms with Gasteiger partial charge in [-0.15, -0.1) is 6.58 Å². The van der Waals surface area contributed by atoms with Crippen LogP contribution in [-0.4, -0.2) is 41.1 Å². The van der Waals surface area contributed by atoms with Gasteiger partial charge < -0.3 is 15.3 Å². The molecule has 80 valence electrons. The lowest BCUT2D eigenvalue weighted by Crippen LogP contribution is -2.45. The van der Waals surface area contributed by atoms with Crippen molar-refractivity contribution in [2.75, 3.05) is 13.1 Å². The van der Waals surface area contributed by atoms with E-state index in [-0.39, 0.29) is 18.6 Å².